The molecule has 6 nitrogen and oxygen atoms in total. The van der Waals surface area contributed by atoms with Gasteiger partial charge in [0.2, 0.25) is 0 Å². The molecule has 170 valence electrons. The van der Waals surface area contributed by atoms with Gasteiger partial charge in [-0.25, -0.2) is 18.7 Å². The van der Waals surface area contributed by atoms with Crippen LogP contribution in [0.25, 0.3) is 22.3 Å². The summed E-state index contributed by atoms with van der Waals surface area (Å²) in [7, 11) is 0. The van der Waals surface area contributed by atoms with Gasteiger partial charge in [-0.1, -0.05) is 0 Å². The molecular weight excluding hydrogens is 437 g/mol. The van der Waals surface area contributed by atoms with Crippen molar-refractivity contribution in [2.24, 2.45) is 5.41 Å². The second-order valence-electron chi connectivity index (χ2n) is 8.11. The fraction of sp³-hybridized carbons (Fsp3) is 0.333. The van der Waals surface area contributed by atoms with Gasteiger partial charge in [0.15, 0.2) is 11.4 Å². The van der Waals surface area contributed by atoms with Crippen LogP contribution in [0.4, 0.5) is 22.0 Å². The van der Waals surface area contributed by atoms with Crippen molar-refractivity contribution in [1.82, 2.24) is 14.5 Å². The van der Waals surface area contributed by atoms with Gasteiger partial charge in [0.1, 0.15) is 23.7 Å². The Kier molecular flexibility index (Phi) is 5.79. The van der Waals surface area contributed by atoms with Crippen molar-refractivity contribution in [3.63, 3.8) is 0 Å². The predicted molar refractivity (Wildman–Crippen MR) is 105 cm³/mol. The molecule has 3 aromatic rings. The van der Waals surface area contributed by atoms with Gasteiger partial charge in [0.05, 0.1) is 11.0 Å². The zero-order valence-electron chi connectivity index (χ0n) is 17.5. The Bertz CT molecular complexity index is 1280. The van der Waals surface area contributed by atoms with Crippen LogP contribution in [-0.2, 0) is 11.3 Å². The highest BCUT2D eigenvalue weighted by Gasteiger charge is 2.34. The number of rotatable bonds is 3. The average molecular weight is 455 g/mol. The number of aromatic nitrogens is 3. The zero-order chi connectivity index (χ0) is 24.0. The van der Waals surface area contributed by atoms with Crippen molar-refractivity contribution in [2.75, 3.05) is 0 Å². The third kappa shape index (κ3) is 4.32. The van der Waals surface area contributed by atoms with Gasteiger partial charge >= 0.3 is 12.1 Å². The second-order valence-corrected chi connectivity index (χ2v) is 8.11. The van der Waals surface area contributed by atoms with Crippen LogP contribution in [-0.4, -0.2) is 26.7 Å². The summed E-state index contributed by atoms with van der Waals surface area (Å²) < 4.78 is 74.4. The molecule has 0 unspecified atom stereocenters. The van der Waals surface area contributed by atoms with Gasteiger partial charge in [0, 0.05) is 18.0 Å². The molecule has 0 aliphatic heterocycles. The summed E-state index contributed by atoms with van der Waals surface area (Å²) >= 11 is 0. The molecule has 0 fully saturated rings. The van der Waals surface area contributed by atoms with E-state index in [1.54, 1.807) is 0 Å². The van der Waals surface area contributed by atoms with Crippen LogP contribution in [0.15, 0.2) is 29.3 Å². The van der Waals surface area contributed by atoms with Gasteiger partial charge in [-0.3, -0.25) is 14.2 Å². The van der Waals surface area contributed by atoms with Crippen LogP contribution in [0.3, 0.4) is 0 Å². The van der Waals surface area contributed by atoms with Crippen LogP contribution in [0.2, 0.25) is 0 Å². The van der Waals surface area contributed by atoms with Crippen LogP contribution >= 0.6 is 0 Å². The van der Waals surface area contributed by atoms with Crippen molar-refractivity contribution in [3.05, 3.63) is 52.1 Å². The van der Waals surface area contributed by atoms with E-state index in [1.165, 1.54) is 20.8 Å². The molecular formula is C21H18F5N3O3. The number of fused-ring (bicyclic) bond motifs is 1. The summed E-state index contributed by atoms with van der Waals surface area (Å²) in [6.07, 6.45) is -2.68. The summed E-state index contributed by atoms with van der Waals surface area (Å²) in [5.41, 5.74) is -5.10. The molecule has 0 radical (unpaired) electrons. The average Bonchev–Trinajstić information content (AvgIpc) is 2.68. The largest absolute Gasteiger partial charge is 0.423 e. The van der Waals surface area contributed by atoms with Gasteiger partial charge in [-0.05, 0) is 45.4 Å². The lowest BCUT2D eigenvalue weighted by Crippen LogP contribution is -2.32. The summed E-state index contributed by atoms with van der Waals surface area (Å²) in [5.74, 6) is -3.46. The quantitative estimate of drug-likeness (QED) is 0.428. The van der Waals surface area contributed by atoms with Gasteiger partial charge in [-0.15, -0.1) is 0 Å². The Morgan fingerprint density at radius 1 is 1.03 bits per heavy atom. The number of pyridine rings is 1. The van der Waals surface area contributed by atoms with E-state index in [4.69, 9.17) is 4.74 Å². The minimum Gasteiger partial charge on any atom is -0.423 e. The first-order valence-electron chi connectivity index (χ1n) is 9.34. The van der Waals surface area contributed by atoms with Crippen molar-refractivity contribution in [3.8, 4) is 16.9 Å². The minimum absolute atomic E-state index is 0.246. The first-order valence-corrected chi connectivity index (χ1v) is 9.34. The van der Waals surface area contributed by atoms with E-state index < -0.39 is 63.8 Å². The summed E-state index contributed by atoms with van der Waals surface area (Å²) in [6.45, 7) is 3.89. The molecule has 0 atom stereocenters. The standard InChI is InChI=1S/C21H18F5N3O3/c1-10-11(22)5-6-12(23)13(10)14-16(32-19(31)20(2,3)4)15-17(28-8-7-27-15)29(18(14)30)9-21(24,25)26/h5-8H,9H2,1-4H3. The van der Waals surface area contributed by atoms with Crippen LogP contribution < -0.4 is 10.3 Å². The Hall–Kier alpha value is -3.37. The molecule has 0 amide bonds. The van der Waals surface area contributed by atoms with Crippen molar-refractivity contribution in [1.29, 1.82) is 0 Å². The van der Waals surface area contributed by atoms with Gasteiger partial charge in [0.25, 0.3) is 5.56 Å². The summed E-state index contributed by atoms with van der Waals surface area (Å²) in [4.78, 5) is 33.6. The number of carbonyl (C=O) groups is 1. The number of halogens is 5. The predicted octanol–water partition coefficient (Wildman–Crippen LogP) is 4.56. The third-order valence-corrected chi connectivity index (χ3v) is 4.58. The van der Waals surface area contributed by atoms with Crippen LogP contribution in [0, 0.1) is 24.0 Å². The summed E-state index contributed by atoms with van der Waals surface area (Å²) in [6, 6.07) is 1.53. The minimum atomic E-state index is -4.84. The fourth-order valence-corrected chi connectivity index (χ4v) is 2.99. The molecule has 2 heterocycles. The lowest BCUT2D eigenvalue weighted by atomic mass is 9.96. The third-order valence-electron chi connectivity index (χ3n) is 4.58. The number of nitrogens with zero attached hydrogens (tertiary/aromatic N) is 3. The maximum atomic E-state index is 14.8. The molecule has 0 aliphatic rings. The van der Waals surface area contributed by atoms with E-state index in [0.29, 0.717) is 0 Å². The first kappa shape index (κ1) is 23.3. The number of hydrogen-bond donors (Lipinski definition) is 0. The number of carbonyl (C=O) groups excluding carboxylic acids is 1. The van der Waals surface area contributed by atoms with Crippen LogP contribution in [0.1, 0.15) is 26.3 Å². The fourth-order valence-electron chi connectivity index (χ4n) is 2.99. The van der Waals surface area contributed by atoms with E-state index in [0.717, 1.165) is 31.5 Å². The molecule has 1 aromatic carbocycles. The van der Waals surface area contributed by atoms with E-state index >= 15 is 0 Å². The SMILES string of the molecule is Cc1c(F)ccc(F)c1-c1c(OC(=O)C(C)(C)C)c2nccnc2n(CC(F)(F)F)c1=O. The Morgan fingerprint density at radius 2 is 1.62 bits per heavy atom. The highest BCUT2D eigenvalue weighted by atomic mass is 19.4. The maximum absolute atomic E-state index is 14.8. The highest BCUT2D eigenvalue weighted by molar-refractivity contribution is 5.92. The summed E-state index contributed by atoms with van der Waals surface area (Å²) in [5, 5.41) is 0. The zero-order valence-corrected chi connectivity index (χ0v) is 17.5. The Morgan fingerprint density at radius 3 is 2.22 bits per heavy atom. The highest BCUT2D eigenvalue weighted by Crippen LogP contribution is 2.38. The normalized spacial score (nSPS) is 12.3. The van der Waals surface area contributed by atoms with Gasteiger partial charge in [-0.2, -0.15) is 13.2 Å². The monoisotopic (exact) mass is 455 g/mol. The molecule has 2 aromatic heterocycles. The van der Waals surface area contributed by atoms with E-state index in [9.17, 15) is 31.5 Å². The molecule has 0 aliphatic carbocycles. The number of benzene rings is 1. The number of esters is 1. The lowest BCUT2D eigenvalue weighted by molar-refractivity contribution is -0.143. The molecule has 0 N–H and O–H groups in total. The molecule has 0 saturated heterocycles. The molecule has 32 heavy (non-hydrogen) atoms. The number of hydrogen-bond acceptors (Lipinski definition) is 5. The molecule has 0 saturated carbocycles. The smallest absolute Gasteiger partial charge is 0.406 e. The Labute approximate surface area is 178 Å². The number of ether oxygens (including phenoxy) is 1. The van der Waals surface area contributed by atoms with Gasteiger partial charge < -0.3 is 4.74 Å². The van der Waals surface area contributed by atoms with Crippen molar-refractivity contribution in [2.45, 2.75) is 40.4 Å². The molecule has 11 heteroatoms. The van der Waals surface area contributed by atoms with Crippen LogP contribution in [0.5, 0.6) is 5.75 Å². The molecule has 0 spiro atoms. The maximum Gasteiger partial charge on any atom is 0.406 e. The Balaban J connectivity index is 2.52. The van der Waals surface area contributed by atoms with Crippen molar-refractivity contribution >= 4 is 17.1 Å². The van der Waals surface area contributed by atoms with E-state index in [2.05, 4.69) is 9.97 Å². The van der Waals surface area contributed by atoms with E-state index in [1.807, 2.05) is 0 Å². The first-order chi connectivity index (χ1) is 14.7. The topological polar surface area (TPSA) is 74.1 Å². The molecule has 3 rings (SSSR count). The van der Waals surface area contributed by atoms with E-state index in [-0.39, 0.29) is 15.6 Å². The molecule has 0 bridgehead atoms. The lowest BCUT2D eigenvalue weighted by Gasteiger charge is -2.21. The number of alkyl halides is 3. The second kappa shape index (κ2) is 7.95. The van der Waals surface area contributed by atoms with Crippen molar-refractivity contribution < 1.29 is 31.5 Å².